The van der Waals surface area contributed by atoms with E-state index in [2.05, 4.69) is 15.0 Å². The summed E-state index contributed by atoms with van der Waals surface area (Å²) in [6.45, 7) is 3.53. The third kappa shape index (κ3) is 3.53. The zero-order valence-electron chi connectivity index (χ0n) is 14.3. The van der Waals surface area contributed by atoms with Crippen LogP contribution in [-0.4, -0.2) is 31.0 Å². The summed E-state index contributed by atoms with van der Waals surface area (Å²) in [5.74, 6) is -0.000439. The number of aromatic nitrogens is 1. The first-order valence-electron chi connectivity index (χ1n) is 8.05. The van der Waals surface area contributed by atoms with Crippen LogP contribution in [0.4, 0.5) is 10.8 Å². The molecule has 140 valence electrons. The summed E-state index contributed by atoms with van der Waals surface area (Å²) in [6, 6.07) is 4.19. The number of fused-ring (bicyclic) bond motifs is 1. The molecule has 8 nitrogen and oxygen atoms in total. The van der Waals surface area contributed by atoms with E-state index in [9.17, 15) is 18.3 Å². The minimum atomic E-state index is -3.88. The lowest BCUT2D eigenvalue weighted by atomic mass is 9.94. The van der Waals surface area contributed by atoms with Crippen molar-refractivity contribution in [3.05, 3.63) is 29.3 Å². The summed E-state index contributed by atoms with van der Waals surface area (Å²) in [5, 5.41) is 14.9. The van der Waals surface area contributed by atoms with E-state index in [-0.39, 0.29) is 22.5 Å². The molecule has 0 saturated carbocycles. The lowest BCUT2D eigenvalue weighted by Crippen LogP contribution is -2.25. The van der Waals surface area contributed by atoms with Gasteiger partial charge in [0.15, 0.2) is 11.7 Å². The summed E-state index contributed by atoms with van der Waals surface area (Å²) in [4.78, 5) is 15.5. The zero-order valence-corrected chi connectivity index (χ0v) is 15.9. The Morgan fingerprint density at radius 2 is 2.12 bits per heavy atom. The highest BCUT2D eigenvalue weighted by Gasteiger charge is 2.29. The van der Waals surface area contributed by atoms with Crippen LogP contribution in [0.2, 0.25) is 0 Å². The number of hydrogen-bond donors (Lipinski definition) is 3. The van der Waals surface area contributed by atoms with Crippen molar-refractivity contribution >= 4 is 38.1 Å². The van der Waals surface area contributed by atoms with Crippen molar-refractivity contribution in [2.24, 2.45) is 0 Å². The van der Waals surface area contributed by atoms with Crippen molar-refractivity contribution in [3.8, 4) is 5.75 Å². The standard InChI is InChI=1S/C16H19N3O5S2/c1-3-16(21,4-2)13-9-25-15(18-13)19-26(22,23)10-5-6-11-12(7-10)24-8-14(20)17-11/h5-7,9,21H,3-4,8H2,1-2H3,(H,17,20)(H,18,19). The Morgan fingerprint density at radius 3 is 2.81 bits per heavy atom. The molecule has 1 aromatic carbocycles. The molecule has 1 amide bonds. The molecule has 0 atom stereocenters. The smallest absolute Gasteiger partial charge is 0.263 e. The van der Waals surface area contributed by atoms with E-state index in [4.69, 9.17) is 4.74 Å². The monoisotopic (exact) mass is 397 g/mol. The summed E-state index contributed by atoms with van der Waals surface area (Å²) >= 11 is 1.11. The molecule has 2 heterocycles. The minimum absolute atomic E-state index is 0.00889. The van der Waals surface area contributed by atoms with E-state index in [1.807, 2.05) is 13.8 Å². The van der Waals surface area contributed by atoms with Gasteiger partial charge >= 0.3 is 0 Å². The third-order valence-electron chi connectivity index (χ3n) is 4.27. The molecule has 0 bridgehead atoms. The number of sulfonamides is 1. The molecule has 1 aromatic heterocycles. The van der Waals surface area contributed by atoms with Gasteiger partial charge in [0.1, 0.15) is 11.4 Å². The van der Waals surface area contributed by atoms with Crippen LogP contribution in [0.15, 0.2) is 28.5 Å². The van der Waals surface area contributed by atoms with E-state index in [1.54, 1.807) is 5.38 Å². The Morgan fingerprint density at radius 1 is 1.38 bits per heavy atom. The number of benzene rings is 1. The van der Waals surface area contributed by atoms with Crippen molar-refractivity contribution in [2.75, 3.05) is 16.6 Å². The van der Waals surface area contributed by atoms with Crippen LogP contribution in [-0.2, 0) is 20.4 Å². The van der Waals surface area contributed by atoms with Crippen molar-refractivity contribution in [1.29, 1.82) is 0 Å². The molecule has 0 saturated heterocycles. The number of hydrogen-bond acceptors (Lipinski definition) is 7. The van der Waals surface area contributed by atoms with Crippen LogP contribution in [0.25, 0.3) is 0 Å². The van der Waals surface area contributed by atoms with Crippen molar-refractivity contribution in [2.45, 2.75) is 37.2 Å². The number of nitrogens with zero attached hydrogens (tertiary/aromatic N) is 1. The molecule has 0 fully saturated rings. The van der Waals surface area contributed by atoms with Gasteiger partial charge in [0.25, 0.3) is 15.9 Å². The molecule has 2 aromatic rings. The average Bonchev–Trinajstić information content (AvgIpc) is 3.08. The van der Waals surface area contributed by atoms with Gasteiger partial charge < -0.3 is 15.2 Å². The lowest BCUT2D eigenvalue weighted by Gasteiger charge is -2.22. The molecule has 1 aliphatic rings. The number of nitrogens with one attached hydrogen (secondary N) is 2. The number of ether oxygens (including phenoxy) is 1. The fourth-order valence-electron chi connectivity index (χ4n) is 2.54. The van der Waals surface area contributed by atoms with Gasteiger partial charge in [-0.05, 0) is 25.0 Å². The molecule has 1 aliphatic heterocycles. The number of carbonyl (C=O) groups excluding carboxylic acids is 1. The molecule has 10 heteroatoms. The third-order valence-corrected chi connectivity index (χ3v) is 6.49. The van der Waals surface area contributed by atoms with E-state index >= 15 is 0 Å². The topological polar surface area (TPSA) is 118 Å². The van der Waals surface area contributed by atoms with Gasteiger partial charge in [-0.15, -0.1) is 11.3 Å². The van der Waals surface area contributed by atoms with Crippen LogP contribution in [0, 0.1) is 0 Å². The van der Waals surface area contributed by atoms with Crippen LogP contribution >= 0.6 is 11.3 Å². The molecule has 0 spiro atoms. The van der Waals surface area contributed by atoms with Gasteiger partial charge in [-0.3, -0.25) is 9.52 Å². The van der Waals surface area contributed by atoms with Crippen LogP contribution < -0.4 is 14.8 Å². The number of carbonyl (C=O) groups is 1. The van der Waals surface area contributed by atoms with Crippen molar-refractivity contribution in [3.63, 3.8) is 0 Å². The second-order valence-electron chi connectivity index (χ2n) is 5.88. The second-order valence-corrected chi connectivity index (χ2v) is 8.42. The highest BCUT2D eigenvalue weighted by atomic mass is 32.2. The van der Waals surface area contributed by atoms with E-state index < -0.39 is 15.6 Å². The van der Waals surface area contributed by atoms with Gasteiger partial charge in [-0.1, -0.05) is 13.8 Å². The van der Waals surface area contributed by atoms with Crippen LogP contribution in [0.1, 0.15) is 32.4 Å². The average molecular weight is 397 g/mol. The molecule has 0 radical (unpaired) electrons. The van der Waals surface area contributed by atoms with Gasteiger partial charge in [-0.2, -0.15) is 0 Å². The SMILES string of the molecule is CCC(O)(CC)c1csc(NS(=O)(=O)c2ccc3c(c2)OCC(=O)N3)n1. The van der Waals surface area contributed by atoms with Crippen molar-refractivity contribution < 1.29 is 23.1 Å². The lowest BCUT2D eigenvalue weighted by molar-refractivity contribution is -0.118. The number of anilines is 2. The van der Waals surface area contributed by atoms with Gasteiger partial charge in [0.2, 0.25) is 0 Å². The second kappa shape index (κ2) is 6.86. The number of thiazole rings is 1. The summed E-state index contributed by atoms with van der Waals surface area (Å²) in [5.41, 5.74) is -0.202. The number of amides is 1. The first kappa shape index (κ1) is 18.6. The fraction of sp³-hybridized carbons (Fsp3) is 0.375. The molecular weight excluding hydrogens is 378 g/mol. The first-order chi connectivity index (χ1) is 12.3. The van der Waals surface area contributed by atoms with Crippen molar-refractivity contribution in [1.82, 2.24) is 4.98 Å². The van der Waals surface area contributed by atoms with E-state index in [1.165, 1.54) is 18.2 Å². The summed E-state index contributed by atoms with van der Waals surface area (Å²) in [7, 11) is -3.88. The maximum atomic E-state index is 12.6. The Hall–Kier alpha value is -2.17. The maximum absolute atomic E-state index is 12.6. The quantitative estimate of drug-likeness (QED) is 0.688. The highest BCUT2D eigenvalue weighted by molar-refractivity contribution is 7.93. The summed E-state index contributed by atoms with van der Waals surface area (Å²) in [6.07, 6.45) is 0.959. The summed E-state index contributed by atoms with van der Waals surface area (Å²) < 4.78 is 32.9. The molecule has 0 aliphatic carbocycles. The Kier molecular flexibility index (Phi) is 4.91. The zero-order chi connectivity index (χ0) is 18.9. The fourth-order valence-corrected chi connectivity index (χ4v) is 4.61. The Labute approximate surface area is 155 Å². The van der Waals surface area contributed by atoms with E-state index in [0.717, 1.165) is 11.3 Å². The van der Waals surface area contributed by atoms with Gasteiger partial charge in [0.05, 0.1) is 16.3 Å². The minimum Gasteiger partial charge on any atom is -0.482 e. The molecular formula is C16H19N3O5S2. The predicted molar refractivity (Wildman–Crippen MR) is 98.0 cm³/mol. The largest absolute Gasteiger partial charge is 0.482 e. The van der Waals surface area contributed by atoms with Gasteiger partial charge in [-0.25, -0.2) is 13.4 Å². The van der Waals surface area contributed by atoms with E-state index in [0.29, 0.717) is 30.0 Å². The van der Waals surface area contributed by atoms with Gasteiger partial charge in [0, 0.05) is 11.4 Å². The molecule has 3 rings (SSSR count). The normalized spacial score (nSPS) is 14.3. The van der Waals surface area contributed by atoms with Crippen LogP contribution in [0.3, 0.4) is 0 Å². The Balaban J connectivity index is 1.84. The molecule has 26 heavy (non-hydrogen) atoms. The highest BCUT2D eigenvalue weighted by Crippen LogP contribution is 2.33. The Bertz CT molecular complexity index is 935. The number of rotatable bonds is 6. The predicted octanol–water partition coefficient (Wildman–Crippen LogP) is 2.28. The van der Waals surface area contributed by atoms with Crippen LogP contribution in [0.5, 0.6) is 5.75 Å². The maximum Gasteiger partial charge on any atom is 0.263 e. The molecule has 3 N–H and O–H groups in total. The first-order valence-corrected chi connectivity index (χ1v) is 10.4. The number of aliphatic hydroxyl groups is 1. The molecule has 0 unspecified atom stereocenters.